The molecule has 1 aromatic carbocycles. The summed E-state index contributed by atoms with van der Waals surface area (Å²) >= 11 is 0. The Morgan fingerprint density at radius 2 is 2.05 bits per heavy atom. The van der Waals surface area contributed by atoms with E-state index in [1.807, 2.05) is 31.2 Å². The number of ether oxygens (including phenoxy) is 1. The maximum Gasteiger partial charge on any atom is 0.162 e. The van der Waals surface area contributed by atoms with E-state index in [1.165, 1.54) is 25.8 Å². The van der Waals surface area contributed by atoms with Gasteiger partial charge in [0.2, 0.25) is 0 Å². The number of carbonyl (C=O) groups is 1. The van der Waals surface area contributed by atoms with Crippen molar-refractivity contribution in [3.63, 3.8) is 0 Å². The third kappa shape index (κ3) is 4.85. The fourth-order valence-corrected chi connectivity index (χ4v) is 2.89. The lowest BCUT2D eigenvalue weighted by Gasteiger charge is -2.33. The molecule has 1 aliphatic heterocycles. The summed E-state index contributed by atoms with van der Waals surface area (Å²) in [6.07, 6.45) is 5.64. The van der Waals surface area contributed by atoms with Gasteiger partial charge >= 0.3 is 0 Å². The predicted octanol–water partition coefficient (Wildman–Crippen LogP) is 3.92. The van der Waals surface area contributed by atoms with Crippen LogP contribution in [0.1, 0.15) is 56.3 Å². The van der Waals surface area contributed by atoms with Gasteiger partial charge in [-0.3, -0.25) is 4.79 Å². The Hall–Kier alpha value is -1.35. The van der Waals surface area contributed by atoms with Crippen LogP contribution >= 0.6 is 0 Å². The van der Waals surface area contributed by atoms with Crippen LogP contribution in [0, 0.1) is 0 Å². The first-order chi connectivity index (χ1) is 10.2. The van der Waals surface area contributed by atoms with Crippen molar-refractivity contribution in [3.8, 4) is 5.75 Å². The van der Waals surface area contributed by atoms with Gasteiger partial charge in [-0.05, 0) is 57.0 Å². The molecule has 2 rings (SSSR count). The molecule has 0 aliphatic carbocycles. The maximum absolute atomic E-state index is 11.5. The van der Waals surface area contributed by atoms with Crippen LogP contribution in [0.15, 0.2) is 24.3 Å². The highest BCUT2D eigenvalue weighted by Crippen LogP contribution is 2.17. The minimum absolute atomic E-state index is 0.181. The van der Waals surface area contributed by atoms with Crippen LogP contribution < -0.4 is 4.74 Å². The van der Waals surface area contributed by atoms with Gasteiger partial charge < -0.3 is 9.64 Å². The molecule has 0 N–H and O–H groups in total. The number of likely N-dealkylation sites (tertiary alicyclic amines) is 1. The second-order valence-corrected chi connectivity index (χ2v) is 5.88. The number of carbonyl (C=O) groups excluding carboxylic acids is 1. The molecule has 1 saturated heterocycles. The minimum Gasteiger partial charge on any atom is -0.494 e. The molecule has 1 unspecified atom stereocenters. The largest absolute Gasteiger partial charge is 0.494 e. The lowest BCUT2D eigenvalue weighted by molar-refractivity contribution is 0.0988. The molecule has 0 radical (unpaired) electrons. The van der Waals surface area contributed by atoms with Crippen molar-refractivity contribution in [2.75, 3.05) is 19.7 Å². The quantitative estimate of drug-likeness (QED) is 0.563. The van der Waals surface area contributed by atoms with E-state index < -0.39 is 0 Å². The zero-order valence-corrected chi connectivity index (χ0v) is 13.3. The standard InChI is InChI=1S/C18H27NO2/c1-3-18(20)16-8-10-17(11-9-16)21-14-6-13-19-12-5-4-7-15(19)2/h8-11,15H,3-7,12-14H2,1-2H3. The highest BCUT2D eigenvalue weighted by atomic mass is 16.5. The molecule has 1 atom stereocenters. The second kappa shape index (κ2) is 8.18. The van der Waals surface area contributed by atoms with Gasteiger partial charge in [0.1, 0.15) is 5.75 Å². The first kappa shape index (κ1) is 16.0. The van der Waals surface area contributed by atoms with Crippen molar-refractivity contribution in [2.45, 2.75) is 52.0 Å². The predicted molar refractivity (Wildman–Crippen MR) is 86.1 cm³/mol. The molecule has 0 bridgehead atoms. The molecule has 0 saturated carbocycles. The highest BCUT2D eigenvalue weighted by Gasteiger charge is 2.17. The van der Waals surface area contributed by atoms with Crippen LogP contribution in [0.3, 0.4) is 0 Å². The van der Waals surface area contributed by atoms with Crippen molar-refractivity contribution < 1.29 is 9.53 Å². The van der Waals surface area contributed by atoms with E-state index in [0.29, 0.717) is 6.42 Å². The Morgan fingerprint density at radius 1 is 1.29 bits per heavy atom. The SMILES string of the molecule is CCC(=O)c1ccc(OCCCN2CCCCC2C)cc1. The van der Waals surface area contributed by atoms with Crippen molar-refractivity contribution in [3.05, 3.63) is 29.8 Å². The summed E-state index contributed by atoms with van der Waals surface area (Å²) in [5.74, 6) is 1.04. The maximum atomic E-state index is 11.5. The first-order valence-corrected chi connectivity index (χ1v) is 8.21. The number of Topliss-reactive ketones (excluding diaryl/α,β-unsaturated/α-hetero) is 1. The van der Waals surface area contributed by atoms with E-state index >= 15 is 0 Å². The lowest BCUT2D eigenvalue weighted by Crippen LogP contribution is -2.38. The van der Waals surface area contributed by atoms with Crippen molar-refractivity contribution in [1.82, 2.24) is 4.90 Å². The Morgan fingerprint density at radius 3 is 2.71 bits per heavy atom. The molecular weight excluding hydrogens is 262 g/mol. The summed E-state index contributed by atoms with van der Waals surface area (Å²) in [7, 11) is 0. The normalized spacial score (nSPS) is 19.4. The number of hydrogen-bond donors (Lipinski definition) is 0. The van der Waals surface area contributed by atoms with Crippen LogP contribution in [0.2, 0.25) is 0 Å². The van der Waals surface area contributed by atoms with Crippen LogP contribution in [-0.4, -0.2) is 36.4 Å². The van der Waals surface area contributed by atoms with Gasteiger partial charge in [0, 0.05) is 24.6 Å². The van der Waals surface area contributed by atoms with Crippen molar-refractivity contribution in [1.29, 1.82) is 0 Å². The van der Waals surface area contributed by atoms with Crippen LogP contribution in [0.4, 0.5) is 0 Å². The summed E-state index contributed by atoms with van der Waals surface area (Å²) in [6, 6.07) is 8.22. The van der Waals surface area contributed by atoms with E-state index in [2.05, 4.69) is 11.8 Å². The Kier molecular flexibility index (Phi) is 6.24. The molecule has 1 aliphatic rings. The summed E-state index contributed by atoms with van der Waals surface area (Å²) in [5.41, 5.74) is 0.770. The molecule has 1 fully saturated rings. The van der Waals surface area contributed by atoms with Crippen LogP contribution in [0.25, 0.3) is 0 Å². The molecule has 0 amide bonds. The smallest absolute Gasteiger partial charge is 0.162 e. The zero-order chi connectivity index (χ0) is 15.1. The molecule has 0 aromatic heterocycles. The van der Waals surface area contributed by atoms with Gasteiger partial charge in [0.25, 0.3) is 0 Å². The Balaban J connectivity index is 1.69. The van der Waals surface area contributed by atoms with Gasteiger partial charge in [-0.15, -0.1) is 0 Å². The molecule has 116 valence electrons. The average Bonchev–Trinajstić information content (AvgIpc) is 2.53. The Labute approximate surface area is 128 Å². The number of benzene rings is 1. The molecule has 21 heavy (non-hydrogen) atoms. The first-order valence-electron chi connectivity index (χ1n) is 8.21. The highest BCUT2D eigenvalue weighted by molar-refractivity contribution is 5.95. The third-order valence-corrected chi connectivity index (χ3v) is 4.30. The van der Waals surface area contributed by atoms with E-state index in [-0.39, 0.29) is 5.78 Å². The molecule has 1 aromatic rings. The fraction of sp³-hybridized carbons (Fsp3) is 0.611. The van der Waals surface area contributed by atoms with Gasteiger partial charge in [0.15, 0.2) is 5.78 Å². The Bertz CT molecular complexity index is 441. The van der Waals surface area contributed by atoms with E-state index in [0.717, 1.165) is 36.9 Å². The summed E-state index contributed by atoms with van der Waals surface area (Å²) in [4.78, 5) is 14.1. The van der Waals surface area contributed by atoms with Crippen LogP contribution in [0.5, 0.6) is 5.75 Å². The van der Waals surface area contributed by atoms with E-state index in [4.69, 9.17) is 4.74 Å². The summed E-state index contributed by atoms with van der Waals surface area (Å²) in [5, 5.41) is 0. The van der Waals surface area contributed by atoms with Gasteiger partial charge in [-0.2, -0.15) is 0 Å². The number of nitrogens with zero attached hydrogens (tertiary/aromatic N) is 1. The minimum atomic E-state index is 0.181. The van der Waals surface area contributed by atoms with Gasteiger partial charge in [0.05, 0.1) is 6.61 Å². The molecule has 1 heterocycles. The van der Waals surface area contributed by atoms with Crippen molar-refractivity contribution >= 4 is 5.78 Å². The summed E-state index contributed by atoms with van der Waals surface area (Å²) < 4.78 is 5.76. The second-order valence-electron chi connectivity index (χ2n) is 5.88. The van der Waals surface area contributed by atoms with Gasteiger partial charge in [-0.1, -0.05) is 13.3 Å². The lowest BCUT2D eigenvalue weighted by atomic mass is 10.0. The van der Waals surface area contributed by atoms with Gasteiger partial charge in [-0.25, -0.2) is 0 Å². The molecular formula is C18H27NO2. The third-order valence-electron chi connectivity index (χ3n) is 4.30. The van der Waals surface area contributed by atoms with Crippen LogP contribution in [-0.2, 0) is 0 Å². The number of ketones is 1. The average molecular weight is 289 g/mol. The molecule has 0 spiro atoms. The topological polar surface area (TPSA) is 29.5 Å². The summed E-state index contributed by atoms with van der Waals surface area (Å²) in [6.45, 7) is 7.30. The fourth-order valence-electron chi connectivity index (χ4n) is 2.89. The van der Waals surface area contributed by atoms with E-state index in [9.17, 15) is 4.79 Å². The number of hydrogen-bond acceptors (Lipinski definition) is 3. The number of rotatable bonds is 7. The monoisotopic (exact) mass is 289 g/mol. The molecule has 3 heteroatoms. The van der Waals surface area contributed by atoms with E-state index in [1.54, 1.807) is 0 Å². The number of piperidine rings is 1. The molecule has 3 nitrogen and oxygen atoms in total. The van der Waals surface area contributed by atoms with Crippen molar-refractivity contribution in [2.24, 2.45) is 0 Å². The zero-order valence-electron chi connectivity index (χ0n) is 13.3.